The van der Waals surface area contributed by atoms with Crippen molar-refractivity contribution in [2.24, 2.45) is 0 Å². The zero-order valence-corrected chi connectivity index (χ0v) is 11.6. The van der Waals surface area contributed by atoms with Gasteiger partial charge in [0.2, 0.25) is 0 Å². The zero-order chi connectivity index (χ0) is 14.5. The summed E-state index contributed by atoms with van der Waals surface area (Å²) in [6.45, 7) is 1.89. The molecule has 0 aliphatic rings. The molecule has 0 radical (unpaired) electrons. The Balaban J connectivity index is 1.63. The van der Waals surface area contributed by atoms with Crippen molar-refractivity contribution in [3.63, 3.8) is 0 Å². The van der Waals surface area contributed by atoms with Crippen LogP contribution in [0.4, 0.5) is 0 Å². The molecule has 0 aliphatic carbocycles. The molecule has 0 amide bonds. The Labute approximate surface area is 122 Å². The van der Waals surface area contributed by atoms with E-state index in [4.69, 9.17) is 0 Å². The molecule has 3 rings (SSSR count). The molecule has 3 aromatic rings. The predicted molar refractivity (Wildman–Crippen MR) is 81.9 cm³/mol. The maximum Gasteiger partial charge on any atom is 0.274 e. The molecule has 0 unspecified atom stereocenters. The number of benzene rings is 1. The van der Waals surface area contributed by atoms with Crippen molar-refractivity contribution in [2.75, 3.05) is 6.54 Å². The highest BCUT2D eigenvalue weighted by Crippen LogP contribution is 2.06. The van der Waals surface area contributed by atoms with E-state index in [1.54, 1.807) is 12.4 Å². The first-order valence-electron chi connectivity index (χ1n) is 6.90. The Morgan fingerprint density at radius 3 is 2.81 bits per heavy atom. The largest absolute Gasteiger partial charge is 0.309 e. The van der Waals surface area contributed by atoms with Crippen LogP contribution >= 0.6 is 0 Å². The quantitative estimate of drug-likeness (QED) is 0.721. The van der Waals surface area contributed by atoms with Crippen LogP contribution in [0.3, 0.4) is 0 Å². The highest BCUT2D eigenvalue weighted by molar-refractivity contribution is 5.80. The molecule has 0 atom stereocenters. The van der Waals surface area contributed by atoms with Gasteiger partial charge in [0, 0.05) is 24.7 Å². The minimum Gasteiger partial charge on any atom is -0.309 e. The third kappa shape index (κ3) is 3.14. The molecule has 1 N–H and O–H groups in total. The van der Waals surface area contributed by atoms with Crippen molar-refractivity contribution in [1.29, 1.82) is 0 Å². The van der Waals surface area contributed by atoms with E-state index in [1.807, 2.05) is 42.5 Å². The second kappa shape index (κ2) is 6.28. The van der Waals surface area contributed by atoms with Crippen molar-refractivity contribution < 1.29 is 0 Å². The van der Waals surface area contributed by atoms with Crippen LogP contribution in [0.15, 0.2) is 59.7 Å². The molecule has 0 aliphatic heterocycles. The lowest BCUT2D eigenvalue weighted by molar-refractivity contribution is 0.533. The van der Waals surface area contributed by atoms with Gasteiger partial charge < -0.3 is 5.32 Å². The number of aromatic nitrogens is 3. The number of rotatable bonds is 5. The number of nitrogens with one attached hydrogen (secondary N) is 1. The highest BCUT2D eigenvalue weighted by Gasteiger charge is 2.02. The summed E-state index contributed by atoms with van der Waals surface area (Å²) >= 11 is 0. The molecule has 2 aromatic heterocycles. The summed E-state index contributed by atoms with van der Waals surface area (Å²) in [5.74, 6) is 0. The first-order chi connectivity index (χ1) is 10.3. The Hall–Kier alpha value is -2.53. The first kappa shape index (κ1) is 13.5. The topological polar surface area (TPSA) is 59.8 Å². The predicted octanol–water partition coefficient (Wildman–Crippen LogP) is 1.58. The molecule has 0 saturated heterocycles. The number of nitrogens with zero attached hydrogens (tertiary/aromatic N) is 3. The maximum atomic E-state index is 12.3. The number of fused-ring (bicyclic) bond motifs is 1. The van der Waals surface area contributed by atoms with Crippen LogP contribution in [-0.2, 0) is 13.1 Å². The van der Waals surface area contributed by atoms with Gasteiger partial charge >= 0.3 is 0 Å². The molecule has 0 spiro atoms. The average molecular weight is 280 g/mol. The second-order valence-corrected chi connectivity index (χ2v) is 4.76. The van der Waals surface area contributed by atoms with Crippen LogP contribution in [-0.4, -0.2) is 21.3 Å². The second-order valence-electron chi connectivity index (χ2n) is 4.76. The fourth-order valence-corrected chi connectivity index (χ4v) is 2.19. The Morgan fingerprint density at radius 2 is 1.95 bits per heavy atom. The smallest absolute Gasteiger partial charge is 0.274 e. The summed E-state index contributed by atoms with van der Waals surface area (Å²) in [5, 5.41) is 9.04. The first-order valence-corrected chi connectivity index (χ1v) is 6.90. The summed E-state index contributed by atoms with van der Waals surface area (Å²) in [5.41, 5.74) is 0.934. The van der Waals surface area contributed by atoms with Crippen LogP contribution in [0, 0.1) is 0 Å². The third-order valence-corrected chi connectivity index (χ3v) is 3.29. The number of pyridine rings is 1. The van der Waals surface area contributed by atoms with Crippen LogP contribution < -0.4 is 10.9 Å². The molecule has 5 heteroatoms. The zero-order valence-electron chi connectivity index (χ0n) is 11.6. The molecule has 21 heavy (non-hydrogen) atoms. The van der Waals surface area contributed by atoms with Crippen molar-refractivity contribution in [3.8, 4) is 0 Å². The fraction of sp³-hybridized carbons (Fsp3) is 0.188. The minimum absolute atomic E-state index is 0.0484. The van der Waals surface area contributed by atoms with Gasteiger partial charge in [0.05, 0.1) is 23.8 Å². The SMILES string of the molecule is O=c1c2ccccc2cnn1CCNCc1ccccn1. The van der Waals surface area contributed by atoms with E-state index < -0.39 is 0 Å². The molecule has 0 bridgehead atoms. The van der Waals surface area contributed by atoms with Crippen LogP contribution in [0.2, 0.25) is 0 Å². The molecule has 2 heterocycles. The molecule has 0 saturated carbocycles. The molecular weight excluding hydrogens is 264 g/mol. The molecule has 1 aromatic carbocycles. The minimum atomic E-state index is -0.0484. The Bertz CT molecular complexity index is 783. The summed E-state index contributed by atoms with van der Waals surface area (Å²) < 4.78 is 1.49. The van der Waals surface area contributed by atoms with E-state index in [1.165, 1.54) is 4.68 Å². The standard InChI is InChI=1S/C16H16N4O/c21-16-15-7-2-1-5-13(15)11-19-20(16)10-9-17-12-14-6-3-4-8-18-14/h1-8,11,17H,9-10,12H2. The van der Waals surface area contributed by atoms with Crippen molar-refractivity contribution >= 4 is 10.8 Å². The van der Waals surface area contributed by atoms with E-state index in [0.29, 0.717) is 25.0 Å². The Morgan fingerprint density at radius 1 is 1.10 bits per heavy atom. The van der Waals surface area contributed by atoms with Gasteiger partial charge in [0.15, 0.2) is 0 Å². The van der Waals surface area contributed by atoms with Gasteiger partial charge in [-0.25, -0.2) is 4.68 Å². The fourth-order valence-electron chi connectivity index (χ4n) is 2.19. The van der Waals surface area contributed by atoms with Gasteiger partial charge in [-0.1, -0.05) is 24.3 Å². The van der Waals surface area contributed by atoms with Crippen LogP contribution in [0.25, 0.3) is 10.8 Å². The van der Waals surface area contributed by atoms with Gasteiger partial charge in [0.1, 0.15) is 0 Å². The van der Waals surface area contributed by atoms with Gasteiger partial charge in [-0.3, -0.25) is 9.78 Å². The van der Waals surface area contributed by atoms with E-state index in [9.17, 15) is 4.79 Å². The summed E-state index contributed by atoms with van der Waals surface area (Å²) in [6.07, 6.45) is 3.50. The Kier molecular flexibility index (Phi) is 4.02. The maximum absolute atomic E-state index is 12.3. The summed E-state index contributed by atoms with van der Waals surface area (Å²) in [6, 6.07) is 13.3. The summed E-state index contributed by atoms with van der Waals surface area (Å²) in [4.78, 5) is 16.5. The number of hydrogen-bond donors (Lipinski definition) is 1. The van der Waals surface area contributed by atoms with Crippen molar-refractivity contribution in [3.05, 3.63) is 70.9 Å². The van der Waals surface area contributed by atoms with E-state index in [2.05, 4.69) is 15.4 Å². The molecule has 106 valence electrons. The van der Waals surface area contributed by atoms with E-state index >= 15 is 0 Å². The molecular formula is C16H16N4O. The lowest BCUT2D eigenvalue weighted by Crippen LogP contribution is -2.28. The van der Waals surface area contributed by atoms with Gasteiger partial charge in [-0.05, 0) is 18.2 Å². The number of hydrogen-bond acceptors (Lipinski definition) is 4. The molecule has 0 fully saturated rings. The average Bonchev–Trinajstić information content (AvgIpc) is 2.55. The van der Waals surface area contributed by atoms with Crippen LogP contribution in [0.5, 0.6) is 0 Å². The normalized spacial score (nSPS) is 10.9. The van der Waals surface area contributed by atoms with E-state index in [-0.39, 0.29) is 5.56 Å². The monoisotopic (exact) mass is 280 g/mol. The van der Waals surface area contributed by atoms with E-state index in [0.717, 1.165) is 11.1 Å². The third-order valence-electron chi connectivity index (χ3n) is 3.29. The lowest BCUT2D eigenvalue weighted by Gasteiger charge is -2.07. The van der Waals surface area contributed by atoms with Crippen LogP contribution in [0.1, 0.15) is 5.69 Å². The summed E-state index contributed by atoms with van der Waals surface area (Å²) in [7, 11) is 0. The van der Waals surface area contributed by atoms with Gasteiger partial charge in [-0.15, -0.1) is 0 Å². The van der Waals surface area contributed by atoms with Gasteiger partial charge in [-0.2, -0.15) is 5.10 Å². The van der Waals surface area contributed by atoms with Crippen molar-refractivity contribution in [2.45, 2.75) is 13.1 Å². The van der Waals surface area contributed by atoms with Gasteiger partial charge in [0.25, 0.3) is 5.56 Å². The highest BCUT2D eigenvalue weighted by atomic mass is 16.1. The lowest BCUT2D eigenvalue weighted by atomic mass is 10.2. The molecule has 5 nitrogen and oxygen atoms in total. The van der Waals surface area contributed by atoms with Crippen molar-refractivity contribution in [1.82, 2.24) is 20.1 Å².